The van der Waals surface area contributed by atoms with Gasteiger partial charge in [-0.2, -0.15) is 0 Å². The van der Waals surface area contributed by atoms with E-state index in [9.17, 15) is 14.4 Å². The second-order valence-electron chi connectivity index (χ2n) is 5.13. The summed E-state index contributed by atoms with van der Waals surface area (Å²) < 4.78 is 4.93. The van der Waals surface area contributed by atoms with Gasteiger partial charge in [0.1, 0.15) is 0 Å². The van der Waals surface area contributed by atoms with Gasteiger partial charge >= 0.3 is 5.97 Å². The first-order valence-corrected chi connectivity index (χ1v) is 6.80. The zero-order valence-corrected chi connectivity index (χ0v) is 12.0. The topological polar surface area (TPSA) is 84.5 Å². The van der Waals surface area contributed by atoms with E-state index in [1.807, 2.05) is 6.92 Å². The number of hydrogen-bond acceptors (Lipinski definition) is 4. The van der Waals surface area contributed by atoms with E-state index < -0.39 is 5.91 Å². The van der Waals surface area contributed by atoms with Crippen molar-refractivity contribution < 1.29 is 19.1 Å². The number of amides is 2. The lowest BCUT2D eigenvalue weighted by molar-refractivity contribution is -0.148. The highest BCUT2D eigenvalue weighted by Gasteiger charge is 2.40. The van der Waals surface area contributed by atoms with Crippen molar-refractivity contribution in [3.05, 3.63) is 29.8 Å². The van der Waals surface area contributed by atoms with Gasteiger partial charge in [0.25, 0.3) is 11.8 Å². The van der Waals surface area contributed by atoms with Crippen LogP contribution in [0, 0.1) is 11.8 Å². The molecule has 21 heavy (non-hydrogen) atoms. The number of hydrogen-bond donors (Lipinski definition) is 2. The van der Waals surface area contributed by atoms with Crippen molar-refractivity contribution in [2.75, 3.05) is 19.0 Å². The van der Waals surface area contributed by atoms with Gasteiger partial charge < -0.3 is 15.4 Å². The van der Waals surface area contributed by atoms with Crippen LogP contribution in [-0.2, 0) is 14.3 Å². The maximum absolute atomic E-state index is 11.6. The Morgan fingerprint density at radius 2 is 1.86 bits per heavy atom. The largest absolute Gasteiger partial charge is 0.455 e. The van der Waals surface area contributed by atoms with Crippen LogP contribution in [0.2, 0.25) is 0 Å². The van der Waals surface area contributed by atoms with Crippen LogP contribution in [0.4, 0.5) is 5.69 Å². The van der Waals surface area contributed by atoms with Crippen molar-refractivity contribution >= 4 is 23.5 Å². The molecule has 0 bridgehead atoms. The average molecular weight is 290 g/mol. The smallest absolute Gasteiger partial charge is 0.309 e. The summed E-state index contributed by atoms with van der Waals surface area (Å²) in [6, 6.07) is 6.44. The number of nitrogens with one attached hydrogen (secondary N) is 2. The fraction of sp³-hybridized carbons (Fsp3) is 0.400. The fourth-order valence-corrected chi connectivity index (χ4v) is 1.94. The maximum Gasteiger partial charge on any atom is 0.309 e. The van der Waals surface area contributed by atoms with Crippen molar-refractivity contribution in [1.82, 2.24) is 5.32 Å². The Morgan fingerprint density at radius 1 is 1.24 bits per heavy atom. The van der Waals surface area contributed by atoms with Crippen molar-refractivity contribution in [3.8, 4) is 0 Å². The molecule has 1 aromatic rings. The Bertz CT molecular complexity index is 553. The molecule has 0 aromatic heterocycles. The molecule has 2 N–H and O–H groups in total. The molecular formula is C15H18N2O4. The molecular weight excluding hydrogens is 272 g/mol. The SMILES string of the molecule is CNC(=O)c1ccc(NC(=O)COC(=O)[C@H]2C[C@H]2C)cc1. The van der Waals surface area contributed by atoms with Crippen LogP contribution in [0.5, 0.6) is 0 Å². The van der Waals surface area contributed by atoms with Gasteiger partial charge in [-0.05, 0) is 36.6 Å². The van der Waals surface area contributed by atoms with Crippen molar-refractivity contribution in [1.29, 1.82) is 0 Å². The fourth-order valence-electron chi connectivity index (χ4n) is 1.94. The lowest BCUT2D eigenvalue weighted by atomic mass is 10.2. The summed E-state index contributed by atoms with van der Waals surface area (Å²) in [5.41, 5.74) is 1.05. The van der Waals surface area contributed by atoms with Crippen molar-refractivity contribution in [2.45, 2.75) is 13.3 Å². The van der Waals surface area contributed by atoms with Gasteiger partial charge in [-0.15, -0.1) is 0 Å². The second-order valence-corrected chi connectivity index (χ2v) is 5.13. The van der Waals surface area contributed by atoms with Gasteiger partial charge in [0, 0.05) is 18.3 Å². The maximum atomic E-state index is 11.6. The van der Waals surface area contributed by atoms with Crippen LogP contribution in [0.25, 0.3) is 0 Å². The normalized spacial score (nSPS) is 19.5. The Labute approximate surface area is 122 Å². The summed E-state index contributed by atoms with van der Waals surface area (Å²) in [5, 5.41) is 5.11. The van der Waals surface area contributed by atoms with Crippen LogP contribution < -0.4 is 10.6 Å². The first kappa shape index (κ1) is 15.0. The van der Waals surface area contributed by atoms with E-state index in [-0.39, 0.29) is 24.4 Å². The monoisotopic (exact) mass is 290 g/mol. The van der Waals surface area contributed by atoms with Gasteiger partial charge in [-0.3, -0.25) is 14.4 Å². The van der Waals surface area contributed by atoms with E-state index in [1.165, 1.54) is 0 Å². The Kier molecular flexibility index (Phi) is 4.57. The Morgan fingerprint density at radius 3 is 2.38 bits per heavy atom. The number of ether oxygens (including phenoxy) is 1. The molecule has 2 atom stereocenters. The molecule has 0 spiro atoms. The van der Waals surface area contributed by atoms with Crippen LogP contribution in [0.15, 0.2) is 24.3 Å². The molecule has 1 fully saturated rings. The lowest BCUT2D eigenvalue weighted by Crippen LogP contribution is -2.22. The van der Waals surface area contributed by atoms with Crippen LogP contribution in [-0.4, -0.2) is 31.4 Å². The molecule has 0 radical (unpaired) electrons. The highest BCUT2D eigenvalue weighted by molar-refractivity contribution is 5.96. The Balaban J connectivity index is 1.79. The number of anilines is 1. The summed E-state index contributed by atoms with van der Waals surface area (Å²) in [4.78, 5) is 34.5. The lowest BCUT2D eigenvalue weighted by Gasteiger charge is -2.07. The van der Waals surface area contributed by atoms with E-state index in [1.54, 1.807) is 31.3 Å². The third-order valence-electron chi connectivity index (χ3n) is 3.42. The van der Waals surface area contributed by atoms with Gasteiger partial charge in [0.2, 0.25) is 0 Å². The molecule has 6 heteroatoms. The minimum atomic E-state index is -0.399. The molecule has 1 aromatic carbocycles. The molecule has 1 saturated carbocycles. The molecule has 1 aliphatic carbocycles. The minimum Gasteiger partial charge on any atom is -0.455 e. The second kappa shape index (κ2) is 6.39. The molecule has 0 heterocycles. The predicted octanol–water partition coefficient (Wildman–Crippen LogP) is 1.18. The predicted molar refractivity (Wildman–Crippen MR) is 76.7 cm³/mol. The highest BCUT2D eigenvalue weighted by atomic mass is 16.5. The van der Waals surface area contributed by atoms with Crippen LogP contribution in [0.3, 0.4) is 0 Å². The molecule has 0 aliphatic heterocycles. The van der Waals surface area contributed by atoms with Gasteiger partial charge in [0.15, 0.2) is 6.61 Å². The summed E-state index contributed by atoms with van der Waals surface area (Å²) >= 11 is 0. The van der Waals surface area contributed by atoms with Gasteiger partial charge in [-0.25, -0.2) is 0 Å². The highest BCUT2D eigenvalue weighted by Crippen LogP contribution is 2.38. The average Bonchev–Trinajstić information content (AvgIpc) is 3.22. The summed E-state index contributed by atoms with van der Waals surface area (Å²) in [6.07, 6.45) is 0.835. The number of carbonyl (C=O) groups excluding carboxylic acids is 3. The van der Waals surface area contributed by atoms with Crippen molar-refractivity contribution in [2.24, 2.45) is 11.8 Å². The molecule has 1 aliphatic rings. The van der Waals surface area contributed by atoms with Crippen LogP contribution in [0.1, 0.15) is 23.7 Å². The van der Waals surface area contributed by atoms with E-state index in [4.69, 9.17) is 4.74 Å². The van der Waals surface area contributed by atoms with E-state index >= 15 is 0 Å². The van der Waals surface area contributed by atoms with Crippen molar-refractivity contribution in [3.63, 3.8) is 0 Å². The number of esters is 1. The molecule has 2 amide bonds. The number of benzene rings is 1. The quantitative estimate of drug-likeness (QED) is 0.798. The molecule has 2 rings (SSSR count). The molecule has 6 nitrogen and oxygen atoms in total. The van der Waals surface area contributed by atoms with Gasteiger partial charge in [0.05, 0.1) is 5.92 Å². The minimum absolute atomic E-state index is 0.0513. The zero-order valence-electron chi connectivity index (χ0n) is 12.0. The summed E-state index contributed by atoms with van der Waals surface area (Å²) in [6.45, 7) is 1.68. The third kappa shape index (κ3) is 4.05. The number of rotatable bonds is 5. The van der Waals surface area contributed by atoms with E-state index in [0.717, 1.165) is 6.42 Å². The standard InChI is InChI=1S/C15H18N2O4/c1-9-7-12(9)15(20)21-8-13(18)17-11-5-3-10(4-6-11)14(19)16-2/h3-6,9,12H,7-8H2,1-2H3,(H,16,19)(H,17,18)/t9-,12+/m1/s1. The summed E-state index contributed by atoms with van der Waals surface area (Å²) in [7, 11) is 1.55. The Hall–Kier alpha value is -2.37. The molecule has 112 valence electrons. The molecule has 0 unspecified atom stereocenters. The first-order chi connectivity index (χ1) is 10.0. The third-order valence-corrected chi connectivity index (χ3v) is 3.42. The number of carbonyl (C=O) groups is 3. The van der Waals surface area contributed by atoms with E-state index in [0.29, 0.717) is 17.2 Å². The first-order valence-electron chi connectivity index (χ1n) is 6.80. The zero-order chi connectivity index (χ0) is 15.4. The summed E-state index contributed by atoms with van der Waals surface area (Å²) in [5.74, 6) is -0.597. The van der Waals surface area contributed by atoms with E-state index in [2.05, 4.69) is 10.6 Å². The molecule has 0 saturated heterocycles. The van der Waals surface area contributed by atoms with Crippen LogP contribution >= 0.6 is 0 Å². The van der Waals surface area contributed by atoms with Gasteiger partial charge in [-0.1, -0.05) is 6.92 Å².